The summed E-state index contributed by atoms with van der Waals surface area (Å²) in [4.78, 5) is 26.3. The first-order chi connectivity index (χ1) is 16.4. The normalized spacial score (nSPS) is 17.1. The molecule has 0 aliphatic carbocycles. The Morgan fingerprint density at radius 3 is 2.50 bits per heavy atom. The quantitative estimate of drug-likeness (QED) is 0.496. The van der Waals surface area contributed by atoms with Crippen LogP contribution in [-0.2, 0) is 16.1 Å². The van der Waals surface area contributed by atoms with Gasteiger partial charge in [0.05, 0.1) is 24.8 Å². The number of nitrogens with one attached hydrogen (secondary N) is 1. The summed E-state index contributed by atoms with van der Waals surface area (Å²) in [6.07, 6.45) is 0. The fourth-order valence-electron chi connectivity index (χ4n) is 4.11. The first-order valence-electron chi connectivity index (χ1n) is 11.2. The molecule has 7 heteroatoms. The number of phenolic OH excluding ortho intramolecular Hbond substituents is 1. The van der Waals surface area contributed by atoms with E-state index in [4.69, 9.17) is 9.84 Å². The van der Waals surface area contributed by atoms with Gasteiger partial charge < -0.3 is 20.3 Å². The number of aromatic hydroxyl groups is 1. The Kier molecular flexibility index (Phi) is 7.25. The summed E-state index contributed by atoms with van der Waals surface area (Å²) in [6, 6.07) is 21.1. The fraction of sp³-hybridized carbons (Fsp3) is 0.259. The van der Waals surface area contributed by atoms with Gasteiger partial charge in [-0.2, -0.15) is 0 Å². The number of ether oxygens (including phenoxy) is 1. The number of carbonyl (C=O) groups excluding carboxylic acids is 1. The van der Waals surface area contributed by atoms with E-state index in [1.54, 1.807) is 24.3 Å². The Balaban J connectivity index is 1.44. The maximum atomic E-state index is 13.1. The third kappa shape index (κ3) is 5.62. The average molecular weight is 461 g/mol. The lowest BCUT2D eigenvalue weighted by Crippen LogP contribution is -2.53. The third-order valence-corrected chi connectivity index (χ3v) is 6.07. The molecule has 4 rings (SSSR count). The predicted molar refractivity (Wildman–Crippen MR) is 129 cm³/mol. The van der Waals surface area contributed by atoms with Crippen molar-refractivity contribution in [1.82, 2.24) is 10.2 Å². The van der Waals surface area contributed by atoms with Crippen LogP contribution >= 0.6 is 0 Å². The highest BCUT2D eigenvalue weighted by atomic mass is 16.5. The molecule has 0 spiro atoms. The number of carboxylic acid groups (broad SMARTS) is 1. The minimum atomic E-state index is -0.979. The molecule has 0 radical (unpaired) electrons. The number of nitrogens with zero attached hydrogens (tertiary/aromatic N) is 1. The van der Waals surface area contributed by atoms with Crippen LogP contribution in [0.2, 0.25) is 0 Å². The number of hydrogen-bond donors (Lipinski definition) is 3. The molecule has 0 aromatic heterocycles. The lowest BCUT2D eigenvalue weighted by atomic mass is 10.0. The Bertz CT molecular complexity index is 1140. The van der Waals surface area contributed by atoms with Gasteiger partial charge in [0.1, 0.15) is 11.8 Å². The molecule has 2 atom stereocenters. The summed E-state index contributed by atoms with van der Waals surface area (Å²) in [5, 5.41) is 21.7. The molecule has 0 saturated carbocycles. The fourth-order valence-corrected chi connectivity index (χ4v) is 4.11. The van der Waals surface area contributed by atoms with Crippen LogP contribution in [0.3, 0.4) is 0 Å². The van der Waals surface area contributed by atoms with E-state index in [9.17, 15) is 14.7 Å². The van der Waals surface area contributed by atoms with Gasteiger partial charge in [0.15, 0.2) is 0 Å². The van der Waals surface area contributed by atoms with Gasteiger partial charge in [-0.15, -0.1) is 0 Å². The van der Waals surface area contributed by atoms with Gasteiger partial charge in [0, 0.05) is 13.1 Å². The SMILES string of the molecule is C[C@H](NC(=O)C1COCCN1Cc1cccc(-c2ccc(O)cc2)c1)c1ccc(C(=O)O)cc1. The molecular weight excluding hydrogens is 432 g/mol. The van der Waals surface area contributed by atoms with Crippen molar-refractivity contribution in [2.45, 2.75) is 25.6 Å². The Hall–Kier alpha value is -3.68. The number of carboxylic acids is 1. The Labute approximate surface area is 198 Å². The van der Waals surface area contributed by atoms with Gasteiger partial charge in [-0.05, 0) is 59.5 Å². The van der Waals surface area contributed by atoms with Crippen molar-refractivity contribution < 1.29 is 24.5 Å². The highest BCUT2D eigenvalue weighted by molar-refractivity contribution is 5.87. The molecule has 3 N–H and O–H groups in total. The lowest BCUT2D eigenvalue weighted by molar-refractivity contribution is -0.133. The maximum Gasteiger partial charge on any atom is 0.335 e. The zero-order valence-corrected chi connectivity index (χ0v) is 19.0. The summed E-state index contributed by atoms with van der Waals surface area (Å²) < 4.78 is 5.61. The summed E-state index contributed by atoms with van der Waals surface area (Å²) in [5.74, 6) is -0.869. The van der Waals surface area contributed by atoms with E-state index in [1.165, 1.54) is 12.1 Å². The summed E-state index contributed by atoms with van der Waals surface area (Å²) in [5.41, 5.74) is 4.19. The largest absolute Gasteiger partial charge is 0.508 e. The van der Waals surface area contributed by atoms with Gasteiger partial charge in [-0.3, -0.25) is 9.69 Å². The van der Waals surface area contributed by atoms with Crippen LogP contribution in [0.15, 0.2) is 72.8 Å². The van der Waals surface area contributed by atoms with Crippen molar-refractivity contribution in [3.8, 4) is 16.9 Å². The van der Waals surface area contributed by atoms with Crippen LogP contribution in [0.25, 0.3) is 11.1 Å². The third-order valence-electron chi connectivity index (χ3n) is 6.07. The van der Waals surface area contributed by atoms with Crippen LogP contribution in [0, 0.1) is 0 Å². The molecule has 7 nitrogen and oxygen atoms in total. The molecule has 1 unspecified atom stereocenters. The maximum absolute atomic E-state index is 13.1. The molecule has 1 fully saturated rings. The molecule has 1 heterocycles. The van der Waals surface area contributed by atoms with Crippen molar-refractivity contribution in [3.05, 3.63) is 89.5 Å². The van der Waals surface area contributed by atoms with E-state index in [2.05, 4.69) is 16.3 Å². The van der Waals surface area contributed by atoms with Crippen LogP contribution in [-0.4, -0.2) is 52.8 Å². The van der Waals surface area contributed by atoms with Crippen molar-refractivity contribution >= 4 is 11.9 Å². The summed E-state index contributed by atoms with van der Waals surface area (Å²) in [6.45, 7) is 4.00. The lowest BCUT2D eigenvalue weighted by Gasteiger charge is -2.35. The van der Waals surface area contributed by atoms with Crippen LogP contribution in [0.4, 0.5) is 0 Å². The number of carbonyl (C=O) groups is 2. The highest BCUT2D eigenvalue weighted by Gasteiger charge is 2.30. The van der Waals surface area contributed by atoms with Gasteiger partial charge >= 0.3 is 5.97 Å². The van der Waals surface area contributed by atoms with Gasteiger partial charge in [0.25, 0.3) is 0 Å². The van der Waals surface area contributed by atoms with E-state index in [-0.39, 0.29) is 23.3 Å². The summed E-state index contributed by atoms with van der Waals surface area (Å²) >= 11 is 0. The van der Waals surface area contributed by atoms with E-state index in [0.717, 1.165) is 22.3 Å². The number of benzene rings is 3. The molecule has 3 aromatic carbocycles. The van der Waals surface area contributed by atoms with Crippen molar-refractivity contribution in [2.24, 2.45) is 0 Å². The molecule has 3 aromatic rings. The topological polar surface area (TPSA) is 99.1 Å². The predicted octanol–water partition coefficient (Wildman–Crippen LogP) is 3.84. The molecule has 1 aliphatic rings. The standard InChI is InChI=1S/C27H28N2O5/c1-18(20-5-7-22(8-6-20)27(32)33)28-26(31)25-17-34-14-13-29(25)16-19-3-2-4-23(15-19)21-9-11-24(30)12-10-21/h2-12,15,18,25,30H,13-14,16-17H2,1H3,(H,28,31)(H,32,33)/t18-,25?/m0/s1. The zero-order chi connectivity index (χ0) is 24.1. The second kappa shape index (κ2) is 10.5. The monoisotopic (exact) mass is 460 g/mol. The van der Waals surface area contributed by atoms with Crippen LogP contribution < -0.4 is 5.32 Å². The zero-order valence-electron chi connectivity index (χ0n) is 19.0. The molecule has 0 bridgehead atoms. The highest BCUT2D eigenvalue weighted by Crippen LogP contribution is 2.24. The first-order valence-corrected chi connectivity index (χ1v) is 11.2. The number of aromatic carboxylic acids is 1. The summed E-state index contributed by atoms with van der Waals surface area (Å²) in [7, 11) is 0. The van der Waals surface area contributed by atoms with Gasteiger partial charge in [0.2, 0.25) is 5.91 Å². The van der Waals surface area contributed by atoms with Gasteiger partial charge in [-0.25, -0.2) is 4.79 Å². The van der Waals surface area contributed by atoms with E-state index in [0.29, 0.717) is 26.3 Å². The van der Waals surface area contributed by atoms with Crippen molar-refractivity contribution in [1.29, 1.82) is 0 Å². The molecule has 1 saturated heterocycles. The molecule has 34 heavy (non-hydrogen) atoms. The van der Waals surface area contributed by atoms with Crippen molar-refractivity contribution in [2.75, 3.05) is 19.8 Å². The Morgan fingerprint density at radius 1 is 1.06 bits per heavy atom. The molecular formula is C27H28N2O5. The molecule has 1 amide bonds. The smallest absolute Gasteiger partial charge is 0.335 e. The van der Waals surface area contributed by atoms with Crippen LogP contribution in [0.5, 0.6) is 5.75 Å². The minimum absolute atomic E-state index is 0.121. The van der Waals surface area contributed by atoms with Gasteiger partial charge in [-0.1, -0.05) is 42.5 Å². The van der Waals surface area contributed by atoms with E-state index >= 15 is 0 Å². The van der Waals surface area contributed by atoms with E-state index in [1.807, 2.05) is 37.3 Å². The van der Waals surface area contributed by atoms with E-state index < -0.39 is 12.0 Å². The Morgan fingerprint density at radius 2 is 1.79 bits per heavy atom. The number of rotatable bonds is 7. The molecule has 176 valence electrons. The number of amides is 1. The average Bonchev–Trinajstić information content (AvgIpc) is 2.85. The van der Waals surface area contributed by atoms with Crippen molar-refractivity contribution in [3.63, 3.8) is 0 Å². The molecule has 1 aliphatic heterocycles. The second-order valence-electron chi connectivity index (χ2n) is 8.47. The first kappa shape index (κ1) is 23.5. The second-order valence-corrected chi connectivity index (χ2v) is 8.47. The number of phenols is 1. The minimum Gasteiger partial charge on any atom is -0.508 e. The number of morpholine rings is 1. The number of hydrogen-bond acceptors (Lipinski definition) is 5. The van der Waals surface area contributed by atoms with Crippen LogP contribution in [0.1, 0.15) is 34.5 Å².